The molecule has 0 bridgehead atoms. The predicted molar refractivity (Wildman–Crippen MR) is 69.0 cm³/mol. The van der Waals surface area contributed by atoms with Crippen LogP contribution in [0, 0.1) is 5.92 Å². The van der Waals surface area contributed by atoms with E-state index >= 15 is 0 Å². The van der Waals surface area contributed by atoms with Crippen LogP contribution < -0.4 is 5.32 Å². The third-order valence-electron chi connectivity index (χ3n) is 2.89. The molecule has 0 aliphatic carbocycles. The van der Waals surface area contributed by atoms with Crippen molar-refractivity contribution in [3.05, 3.63) is 35.4 Å². The summed E-state index contributed by atoms with van der Waals surface area (Å²) in [5.41, 5.74) is -0.427. The van der Waals surface area contributed by atoms with Crippen molar-refractivity contribution < 1.29 is 23.1 Å². The van der Waals surface area contributed by atoms with E-state index in [9.17, 15) is 18.0 Å². The third-order valence-corrected chi connectivity index (χ3v) is 2.89. The lowest BCUT2D eigenvalue weighted by Gasteiger charge is -2.12. The average molecular weight is 289 g/mol. The highest BCUT2D eigenvalue weighted by atomic mass is 19.4. The molecule has 1 aromatic rings. The summed E-state index contributed by atoms with van der Waals surface area (Å²) in [6.07, 6.45) is -3.91. The van der Waals surface area contributed by atoms with E-state index in [0.29, 0.717) is 18.5 Å². The number of benzene rings is 1. The first-order chi connectivity index (χ1) is 9.32. The number of aliphatic hydroxyl groups is 1. The molecule has 112 valence electrons. The highest BCUT2D eigenvalue weighted by Gasteiger charge is 2.30. The topological polar surface area (TPSA) is 49.3 Å². The quantitative estimate of drug-likeness (QED) is 0.844. The van der Waals surface area contributed by atoms with Gasteiger partial charge in [0.15, 0.2) is 0 Å². The summed E-state index contributed by atoms with van der Waals surface area (Å²) >= 11 is 0. The number of hydrogen-bond donors (Lipinski definition) is 2. The molecule has 0 saturated carbocycles. The molecule has 1 unspecified atom stereocenters. The summed E-state index contributed by atoms with van der Waals surface area (Å²) in [5, 5.41) is 11.4. The van der Waals surface area contributed by atoms with Crippen molar-refractivity contribution in [3.63, 3.8) is 0 Å². The van der Waals surface area contributed by atoms with Gasteiger partial charge in [-0.1, -0.05) is 25.1 Å². The van der Waals surface area contributed by atoms with E-state index < -0.39 is 11.7 Å². The second kappa shape index (κ2) is 7.28. The fourth-order valence-electron chi connectivity index (χ4n) is 1.72. The number of halogens is 3. The molecule has 6 heteroatoms. The first-order valence-electron chi connectivity index (χ1n) is 6.36. The molecule has 1 atom stereocenters. The Kier molecular flexibility index (Phi) is 6.01. The highest BCUT2D eigenvalue weighted by molar-refractivity contribution is 5.78. The van der Waals surface area contributed by atoms with Gasteiger partial charge in [-0.15, -0.1) is 0 Å². The van der Waals surface area contributed by atoms with Gasteiger partial charge < -0.3 is 10.4 Å². The number of carbonyl (C=O) groups is 1. The Hall–Kier alpha value is -1.56. The molecule has 2 N–H and O–H groups in total. The molecule has 3 nitrogen and oxygen atoms in total. The van der Waals surface area contributed by atoms with Crippen molar-refractivity contribution in [1.82, 2.24) is 5.32 Å². The molecule has 0 radical (unpaired) electrons. The smallest absolute Gasteiger partial charge is 0.396 e. The summed E-state index contributed by atoms with van der Waals surface area (Å²) in [4.78, 5) is 11.6. The average Bonchev–Trinajstić information content (AvgIpc) is 2.36. The van der Waals surface area contributed by atoms with E-state index in [0.717, 1.165) is 12.1 Å². The molecule has 0 spiro atoms. The first-order valence-corrected chi connectivity index (χ1v) is 6.36. The van der Waals surface area contributed by atoms with Crippen LogP contribution in [0.5, 0.6) is 0 Å². The zero-order chi connectivity index (χ0) is 15.2. The van der Waals surface area contributed by atoms with Gasteiger partial charge in [0.1, 0.15) is 0 Å². The molecule has 20 heavy (non-hydrogen) atoms. The largest absolute Gasteiger partial charge is 0.416 e. The highest BCUT2D eigenvalue weighted by Crippen LogP contribution is 2.29. The molecule has 0 saturated heterocycles. The number of carbonyl (C=O) groups excluding carboxylic acids is 1. The van der Waals surface area contributed by atoms with E-state index in [-0.39, 0.29) is 24.9 Å². The number of hydrogen-bond acceptors (Lipinski definition) is 2. The summed E-state index contributed by atoms with van der Waals surface area (Å²) in [6.45, 7) is 2.32. The minimum absolute atomic E-state index is 0.0463. The van der Waals surface area contributed by atoms with E-state index in [1.807, 2.05) is 6.92 Å². The van der Waals surface area contributed by atoms with Crippen molar-refractivity contribution in [2.24, 2.45) is 5.92 Å². The Balaban J connectivity index is 2.54. The number of alkyl halides is 3. The van der Waals surface area contributed by atoms with Gasteiger partial charge in [-0.05, 0) is 24.0 Å². The standard InChI is InChI=1S/C14H18F3NO2/c1-10(5-6-19)9-18-13(20)8-11-3-2-4-12(7-11)14(15,16)17/h2-4,7,10,19H,5-6,8-9H2,1H3,(H,18,20). The Morgan fingerprint density at radius 1 is 1.40 bits per heavy atom. The van der Waals surface area contributed by atoms with Gasteiger partial charge in [0.2, 0.25) is 5.91 Å². The maximum absolute atomic E-state index is 12.5. The molecule has 1 aromatic carbocycles. The van der Waals surface area contributed by atoms with Crippen molar-refractivity contribution >= 4 is 5.91 Å². The van der Waals surface area contributed by atoms with Crippen molar-refractivity contribution in [2.75, 3.05) is 13.2 Å². The second-order valence-electron chi connectivity index (χ2n) is 4.80. The van der Waals surface area contributed by atoms with E-state index in [2.05, 4.69) is 5.32 Å². The van der Waals surface area contributed by atoms with Crippen LogP contribution in [0.15, 0.2) is 24.3 Å². The first kappa shape index (κ1) is 16.5. The van der Waals surface area contributed by atoms with Gasteiger partial charge in [0, 0.05) is 13.2 Å². The van der Waals surface area contributed by atoms with Gasteiger partial charge in [0.05, 0.1) is 12.0 Å². The molecule has 1 amide bonds. The molecule has 0 fully saturated rings. The van der Waals surface area contributed by atoms with Crippen LogP contribution in [0.25, 0.3) is 0 Å². The van der Waals surface area contributed by atoms with Crippen molar-refractivity contribution in [1.29, 1.82) is 0 Å². The number of nitrogens with one attached hydrogen (secondary N) is 1. The minimum atomic E-state index is -4.40. The van der Waals surface area contributed by atoms with Crippen LogP contribution >= 0.6 is 0 Å². The number of amides is 1. The van der Waals surface area contributed by atoms with Crippen LogP contribution in [-0.2, 0) is 17.4 Å². The molecule has 0 aromatic heterocycles. The van der Waals surface area contributed by atoms with Gasteiger partial charge >= 0.3 is 6.18 Å². The summed E-state index contributed by atoms with van der Waals surface area (Å²) in [6, 6.07) is 4.74. The van der Waals surface area contributed by atoms with Crippen LogP contribution in [0.4, 0.5) is 13.2 Å². The minimum Gasteiger partial charge on any atom is -0.396 e. The number of aliphatic hydroxyl groups excluding tert-OH is 1. The molecular weight excluding hydrogens is 271 g/mol. The van der Waals surface area contributed by atoms with E-state index in [1.165, 1.54) is 12.1 Å². The van der Waals surface area contributed by atoms with Crippen LogP contribution in [-0.4, -0.2) is 24.2 Å². The van der Waals surface area contributed by atoms with Gasteiger partial charge in [-0.2, -0.15) is 13.2 Å². The zero-order valence-corrected chi connectivity index (χ0v) is 11.2. The van der Waals surface area contributed by atoms with Crippen molar-refractivity contribution in [3.8, 4) is 0 Å². The summed E-state index contributed by atoms with van der Waals surface area (Å²) < 4.78 is 37.6. The summed E-state index contributed by atoms with van der Waals surface area (Å²) in [7, 11) is 0. The fourth-order valence-corrected chi connectivity index (χ4v) is 1.72. The zero-order valence-electron chi connectivity index (χ0n) is 11.2. The van der Waals surface area contributed by atoms with Crippen LogP contribution in [0.1, 0.15) is 24.5 Å². The van der Waals surface area contributed by atoms with E-state index in [1.54, 1.807) is 0 Å². The van der Waals surface area contributed by atoms with E-state index in [4.69, 9.17) is 5.11 Å². The van der Waals surface area contributed by atoms with Crippen LogP contribution in [0.2, 0.25) is 0 Å². The predicted octanol–water partition coefficient (Wildman–Crippen LogP) is 2.38. The SMILES string of the molecule is CC(CCO)CNC(=O)Cc1cccc(C(F)(F)F)c1. The Morgan fingerprint density at radius 2 is 2.10 bits per heavy atom. The van der Waals surface area contributed by atoms with Gasteiger partial charge in [-0.3, -0.25) is 4.79 Å². The maximum atomic E-state index is 12.5. The van der Waals surface area contributed by atoms with Crippen molar-refractivity contribution in [2.45, 2.75) is 25.9 Å². The third kappa shape index (κ3) is 5.61. The maximum Gasteiger partial charge on any atom is 0.416 e. The Bertz CT molecular complexity index is 446. The van der Waals surface area contributed by atoms with Crippen LogP contribution in [0.3, 0.4) is 0 Å². The molecule has 0 aliphatic heterocycles. The molecular formula is C14H18F3NO2. The molecule has 1 rings (SSSR count). The normalized spacial score (nSPS) is 13.1. The summed E-state index contributed by atoms with van der Waals surface area (Å²) in [5.74, 6) is -0.195. The molecule has 0 heterocycles. The Morgan fingerprint density at radius 3 is 2.70 bits per heavy atom. The lowest BCUT2D eigenvalue weighted by molar-refractivity contribution is -0.137. The number of rotatable bonds is 6. The fraction of sp³-hybridized carbons (Fsp3) is 0.500. The lowest BCUT2D eigenvalue weighted by Crippen LogP contribution is -2.30. The van der Waals surface area contributed by atoms with Gasteiger partial charge in [0.25, 0.3) is 0 Å². The van der Waals surface area contributed by atoms with Gasteiger partial charge in [-0.25, -0.2) is 0 Å². The monoisotopic (exact) mass is 289 g/mol. The second-order valence-corrected chi connectivity index (χ2v) is 4.80. The lowest BCUT2D eigenvalue weighted by atomic mass is 10.1. The molecule has 0 aliphatic rings. The Labute approximate surface area is 115 Å².